The zero-order chi connectivity index (χ0) is 21.2. The minimum atomic E-state index is -0.00928. The third-order valence-electron chi connectivity index (χ3n) is 6.54. The van der Waals surface area contributed by atoms with Gasteiger partial charge in [0.2, 0.25) is 5.91 Å². The lowest BCUT2D eigenvalue weighted by Gasteiger charge is -2.31. The van der Waals surface area contributed by atoms with E-state index in [1.807, 2.05) is 23.1 Å². The lowest BCUT2D eigenvalue weighted by molar-refractivity contribution is -0.137. The second-order valence-corrected chi connectivity index (χ2v) is 8.82. The molecule has 1 aliphatic carbocycles. The standard InChI is InChI=1S/C25H38N2O3/c1-30-20-24(28)27-18-12-5-3-2-4-11-17-26(19-22-15-9-10-16-23(22)27)25(29)21-13-7-6-8-14-21/h9-10,15-16,21H,2-8,11-14,17-20H2,1H3. The summed E-state index contributed by atoms with van der Waals surface area (Å²) in [6.07, 6.45) is 12.4. The minimum absolute atomic E-state index is 0.00928. The number of carbonyl (C=O) groups excluding carboxylic acids is 2. The molecular weight excluding hydrogens is 376 g/mol. The Morgan fingerprint density at radius 2 is 1.53 bits per heavy atom. The van der Waals surface area contributed by atoms with Gasteiger partial charge in [-0.3, -0.25) is 9.59 Å². The largest absolute Gasteiger partial charge is 0.375 e. The number of methoxy groups -OCH3 is 1. The summed E-state index contributed by atoms with van der Waals surface area (Å²) in [5, 5.41) is 0. The zero-order valence-electron chi connectivity index (χ0n) is 18.6. The van der Waals surface area contributed by atoms with Gasteiger partial charge < -0.3 is 14.5 Å². The van der Waals surface area contributed by atoms with Gasteiger partial charge in [-0.2, -0.15) is 0 Å². The van der Waals surface area contributed by atoms with Gasteiger partial charge in [0.25, 0.3) is 5.91 Å². The highest BCUT2D eigenvalue weighted by Crippen LogP contribution is 2.29. The van der Waals surface area contributed by atoms with Gasteiger partial charge in [-0.05, 0) is 37.3 Å². The Bertz CT molecular complexity index is 685. The van der Waals surface area contributed by atoms with Crippen molar-refractivity contribution in [1.29, 1.82) is 0 Å². The maximum atomic E-state index is 13.4. The second kappa shape index (κ2) is 12.1. The van der Waals surface area contributed by atoms with Crippen LogP contribution >= 0.6 is 0 Å². The molecule has 5 heteroatoms. The van der Waals surface area contributed by atoms with E-state index in [0.29, 0.717) is 19.0 Å². The molecule has 1 saturated carbocycles. The molecule has 1 heterocycles. The number of hydrogen-bond acceptors (Lipinski definition) is 3. The Morgan fingerprint density at radius 3 is 2.27 bits per heavy atom. The van der Waals surface area contributed by atoms with Crippen LogP contribution in [0.2, 0.25) is 0 Å². The van der Waals surface area contributed by atoms with Crippen molar-refractivity contribution in [3.63, 3.8) is 0 Å². The molecule has 0 spiro atoms. The van der Waals surface area contributed by atoms with Crippen molar-refractivity contribution in [1.82, 2.24) is 4.90 Å². The van der Waals surface area contributed by atoms with E-state index in [-0.39, 0.29) is 18.4 Å². The molecule has 0 bridgehead atoms. The Labute approximate surface area is 181 Å². The van der Waals surface area contributed by atoms with Crippen LogP contribution in [0.4, 0.5) is 5.69 Å². The molecule has 5 nitrogen and oxygen atoms in total. The summed E-state index contributed by atoms with van der Waals surface area (Å²) in [7, 11) is 1.56. The molecule has 1 aromatic carbocycles. The molecule has 0 N–H and O–H groups in total. The molecule has 3 rings (SSSR count). The van der Waals surface area contributed by atoms with Crippen LogP contribution in [0.5, 0.6) is 0 Å². The van der Waals surface area contributed by atoms with Crippen molar-refractivity contribution in [3.8, 4) is 0 Å². The molecule has 0 saturated heterocycles. The fourth-order valence-electron chi connectivity index (χ4n) is 4.85. The number of benzene rings is 1. The molecular formula is C25H38N2O3. The van der Waals surface area contributed by atoms with E-state index < -0.39 is 0 Å². The normalized spacial score (nSPS) is 19.9. The molecule has 30 heavy (non-hydrogen) atoms. The first kappa shape index (κ1) is 22.8. The molecule has 0 atom stereocenters. The van der Waals surface area contributed by atoms with Crippen LogP contribution in [0.3, 0.4) is 0 Å². The summed E-state index contributed by atoms with van der Waals surface area (Å²) in [5.74, 6) is 0.479. The summed E-state index contributed by atoms with van der Waals surface area (Å²) in [6, 6.07) is 8.09. The summed E-state index contributed by atoms with van der Waals surface area (Å²) in [4.78, 5) is 30.2. The minimum Gasteiger partial charge on any atom is -0.375 e. The number of para-hydroxylation sites is 1. The summed E-state index contributed by atoms with van der Waals surface area (Å²) >= 11 is 0. The molecule has 0 unspecified atom stereocenters. The SMILES string of the molecule is COCC(=O)N1CCCCCCCCN(C(=O)C2CCCCC2)Cc2ccccc21. The number of nitrogens with zero attached hydrogens (tertiary/aromatic N) is 2. The number of hydrogen-bond donors (Lipinski definition) is 0. The predicted octanol–water partition coefficient (Wildman–Crippen LogP) is 4.93. The number of ether oxygens (including phenoxy) is 1. The lowest BCUT2D eigenvalue weighted by Crippen LogP contribution is -2.39. The van der Waals surface area contributed by atoms with Crippen LogP contribution in [0.1, 0.15) is 76.2 Å². The van der Waals surface area contributed by atoms with E-state index in [1.165, 1.54) is 38.5 Å². The number of amides is 2. The number of anilines is 1. The van der Waals surface area contributed by atoms with E-state index in [4.69, 9.17) is 4.74 Å². The highest BCUT2D eigenvalue weighted by molar-refractivity contribution is 5.95. The first-order valence-electron chi connectivity index (χ1n) is 11.9. The van der Waals surface area contributed by atoms with Gasteiger partial charge in [0.15, 0.2) is 0 Å². The van der Waals surface area contributed by atoms with E-state index >= 15 is 0 Å². The van der Waals surface area contributed by atoms with Crippen molar-refractivity contribution in [2.75, 3.05) is 31.7 Å². The lowest BCUT2D eigenvalue weighted by atomic mass is 9.88. The predicted molar refractivity (Wildman–Crippen MR) is 120 cm³/mol. The summed E-state index contributed by atoms with van der Waals surface area (Å²) in [5.41, 5.74) is 1.99. The number of rotatable bonds is 3. The molecule has 1 aliphatic heterocycles. The molecule has 1 aromatic rings. The molecule has 0 aromatic heterocycles. The van der Waals surface area contributed by atoms with E-state index in [0.717, 1.165) is 49.9 Å². The second-order valence-electron chi connectivity index (χ2n) is 8.82. The molecule has 166 valence electrons. The van der Waals surface area contributed by atoms with Crippen LogP contribution in [-0.2, 0) is 20.9 Å². The fraction of sp³-hybridized carbons (Fsp3) is 0.680. The Morgan fingerprint density at radius 1 is 0.900 bits per heavy atom. The molecule has 2 aliphatic rings. The van der Waals surface area contributed by atoms with Gasteiger partial charge >= 0.3 is 0 Å². The quantitative estimate of drug-likeness (QED) is 0.705. The van der Waals surface area contributed by atoms with Crippen molar-refractivity contribution < 1.29 is 14.3 Å². The van der Waals surface area contributed by atoms with E-state index in [2.05, 4.69) is 11.0 Å². The van der Waals surface area contributed by atoms with E-state index in [9.17, 15) is 9.59 Å². The summed E-state index contributed by atoms with van der Waals surface area (Å²) < 4.78 is 5.15. The van der Waals surface area contributed by atoms with Crippen molar-refractivity contribution in [2.24, 2.45) is 5.92 Å². The van der Waals surface area contributed by atoms with Gasteiger partial charge in [0, 0.05) is 38.3 Å². The zero-order valence-corrected chi connectivity index (χ0v) is 18.6. The fourth-order valence-corrected chi connectivity index (χ4v) is 4.85. The van der Waals surface area contributed by atoms with Gasteiger partial charge in [0.05, 0.1) is 0 Å². The van der Waals surface area contributed by atoms with Crippen molar-refractivity contribution in [3.05, 3.63) is 29.8 Å². The van der Waals surface area contributed by atoms with Gasteiger partial charge in [-0.25, -0.2) is 0 Å². The molecule has 2 amide bonds. The highest BCUT2D eigenvalue weighted by atomic mass is 16.5. The first-order chi connectivity index (χ1) is 14.7. The highest BCUT2D eigenvalue weighted by Gasteiger charge is 2.27. The monoisotopic (exact) mass is 414 g/mol. The van der Waals surface area contributed by atoms with Crippen molar-refractivity contribution >= 4 is 17.5 Å². The number of carbonyl (C=O) groups is 2. The Balaban J connectivity index is 1.86. The van der Waals surface area contributed by atoms with Gasteiger partial charge in [0.1, 0.15) is 6.61 Å². The van der Waals surface area contributed by atoms with Crippen LogP contribution in [0.15, 0.2) is 24.3 Å². The van der Waals surface area contributed by atoms with Crippen LogP contribution in [0.25, 0.3) is 0 Å². The number of fused-ring (bicyclic) bond motifs is 1. The Hall–Kier alpha value is -1.88. The first-order valence-corrected chi connectivity index (χ1v) is 11.9. The topological polar surface area (TPSA) is 49.9 Å². The Kier molecular flexibility index (Phi) is 9.19. The average Bonchev–Trinajstić information content (AvgIpc) is 2.79. The smallest absolute Gasteiger partial charge is 0.252 e. The molecule has 0 radical (unpaired) electrons. The van der Waals surface area contributed by atoms with Crippen LogP contribution in [0, 0.1) is 5.92 Å². The van der Waals surface area contributed by atoms with Gasteiger partial charge in [-0.15, -0.1) is 0 Å². The van der Waals surface area contributed by atoms with Crippen LogP contribution < -0.4 is 4.90 Å². The van der Waals surface area contributed by atoms with Gasteiger partial charge in [-0.1, -0.05) is 63.1 Å². The average molecular weight is 415 g/mol. The summed E-state index contributed by atoms with van der Waals surface area (Å²) in [6.45, 7) is 2.19. The third kappa shape index (κ3) is 6.31. The van der Waals surface area contributed by atoms with E-state index in [1.54, 1.807) is 7.11 Å². The van der Waals surface area contributed by atoms with Crippen LogP contribution in [-0.4, -0.2) is 43.5 Å². The maximum absolute atomic E-state index is 13.4. The maximum Gasteiger partial charge on any atom is 0.252 e. The van der Waals surface area contributed by atoms with Crippen molar-refractivity contribution in [2.45, 2.75) is 77.2 Å². The molecule has 1 fully saturated rings. The third-order valence-corrected chi connectivity index (χ3v) is 6.54.